The second-order valence-electron chi connectivity index (χ2n) is 8.02. The summed E-state index contributed by atoms with van der Waals surface area (Å²) in [5, 5.41) is 2.58. The van der Waals surface area contributed by atoms with Crippen LogP contribution in [-0.4, -0.2) is 60.1 Å². The molecular weight excluding hydrogens is 400 g/mol. The van der Waals surface area contributed by atoms with E-state index in [0.29, 0.717) is 45.6 Å². The van der Waals surface area contributed by atoms with Crippen LogP contribution in [-0.2, 0) is 23.0 Å². The van der Waals surface area contributed by atoms with E-state index in [4.69, 9.17) is 0 Å². The number of sulfonamides is 1. The summed E-state index contributed by atoms with van der Waals surface area (Å²) in [6.07, 6.45) is 5.35. The van der Waals surface area contributed by atoms with Gasteiger partial charge in [0.05, 0.1) is 5.25 Å². The topological polar surface area (TPSA) is 82.6 Å². The molecule has 2 saturated heterocycles. The molecule has 7 nitrogen and oxygen atoms in total. The largest absolute Gasteiger partial charge is 0.338 e. The van der Waals surface area contributed by atoms with Gasteiger partial charge in [0, 0.05) is 45.1 Å². The van der Waals surface area contributed by atoms with Gasteiger partial charge in [0.15, 0.2) is 0 Å². The number of nitrogens with zero attached hydrogens (tertiary/aromatic N) is 3. The number of amides is 2. The van der Waals surface area contributed by atoms with Crippen molar-refractivity contribution in [2.75, 3.05) is 26.2 Å². The smallest absolute Gasteiger partial charge is 0.317 e. The minimum absolute atomic E-state index is 0.0685. The molecule has 160 valence electrons. The fraction of sp³-hybridized carbons (Fsp3) is 0.455. The van der Waals surface area contributed by atoms with E-state index in [1.807, 2.05) is 42.5 Å². The van der Waals surface area contributed by atoms with E-state index in [2.05, 4.69) is 10.3 Å². The van der Waals surface area contributed by atoms with Gasteiger partial charge >= 0.3 is 6.03 Å². The van der Waals surface area contributed by atoms with Crippen molar-refractivity contribution in [1.29, 1.82) is 0 Å². The number of carbonyl (C=O) groups excluding carboxylic acids is 1. The van der Waals surface area contributed by atoms with Crippen molar-refractivity contribution < 1.29 is 13.2 Å². The molecule has 30 heavy (non-hydrogen) atoms. The Hall–Kier alpha value is -2.45. The third-order valence-corrected chi connectivity index (χ3v) is 8.47. The molecule has 2 aliphatic rings. The fourth-order valence-electron chi connectivity index (χ4n) is 4.42. The molecule has 0 unspecified atom stereocenters. The van der Waals surface area contributed by atoms with E-state index in [0.717, 1.165) is 12.0 Å². The van der Waals surface area contributed by atoms with Crippen LogP contribution in [0.3, 0.4) is 0 Å². The Bertz CT molecular complexity index is 953. The summed E-state index contributed by atoms with van der Waals surface area (Å²) in [4.78, 5) is 18.3. The summed E-state index contributed by atoms with van der Waals surface area (Å²) in [5.41, 5.74) is 2.13. The van der Waals surface area contributed by atoms with Gasteiger partial charge in [0.1, 0.15) is 0 Å². The summed E-state index contributed by atoms with van der Waals surface area (Å²) in [5.74, 6) is 0.0685. The molecule has 0 bridgehead atoms. The van der Waals surface area contributed by atoms with E-state index >= 15 is 0 Å². The summed E-state index contributed by atoms with van der Waals surface area (Å²) in [6.45, 7) is 2.56. The molecule has 2 aromatic rings. The zero-order chi connectivity index (χ0) is 21.0. The van der Waals surface area contributed by atoms with Gasteiger partial charge in [-0.3, -0.25) is 4.98 Å². The molecule has 3 heterocycles. The molecule has 1 aromatic heterocycles. The lowest BCUT2D eigenvalue weighted by atomic mass is 10.0. The van der Waals surface area contributed by atoms with Crippen molar-refractivity contribution in [3.63, 3.8) is 0 Å². The molecule has 2 fully saturated rings. The number of aromatic nitrogens is 1. The van der Waals surface area contributed by atoms with Crippen molar-refractivity contribution >= 4 is 16.1 Å². The molecular formula is C22H28N4O3S. The number of pyridine rings is 1. The summed E-state index contributed by atoms with van der Waals surface area (Å²) in [7, 11) is -3.36. The average Bonchev–Trinajstić information content (AvgIpc) is 2.89. The van der Waals surface area contributed by atoms with Gasteiger partial charge in [-0.15, -0.1) is 0 Å². The van der Waals surface area contributed by atoms with Gasteiger partial charge < -0.3 is 10.2 Å². The van der Waals surface area contributed by atoms with Crippen LogP contribution < -0.4 is 5.32 Å². The Morgan fingerprint density at radius 1 is 1.03 bits per heavy atom. The molecule has 1 aromatic carbocycles. The van der Waals surface area contributed by atoms with Crippen molar-refractivity contribution in [1.82, 2.24) is 19.5 Å². The lowest BCUT2D eigenvalue weighted by molar-refractivity contribution is 0.198. The average molecular weight is 429 g/mol. The molecule has 2 aliphatic heterocycles. The summed E-state index contributed by atoms with van der Waals surface area (Å²) < 4.78 is 27.8. The number of likely N-dealkylation sites (tertiary alicyclic amines) is 1. The number of urea groups is 1. The van der Waals surface area contributed by atoms with Crippen molar-refractivity contribution in [2.45, 2.75) is 31.1 Å². The Morgan fingerprint density at radius 3 is 2.53 bits per heavy atom. The first kappa shape index (κ1) is 20.8. The molecule has 4 rings (SSSR count). The predicted octanol–water partition coefficient (Wildman–Crippen LogP) is 2.26. The normalized spacial score (nSPS) is 23.5. The maximum absolute atomic E-state index is 13.1. The fourth-order valence-corrected chi connectivity index (χ4v) is 6.64. The molecule has 8 heteroatoms. The number of hydrogen-bond acceptors (Lipinski definition) is 4. The zero-order valence-electron chi connectivity index (χ0n) is 17.0. The maximum atomic E-state index is 13.1. The molecule has 0 aliphatic carbocycles. The highest BCUT2D eigenvalue weighted by Gasteiger charge is 2.47. The first-order valence-electron chi connectivity index (χ1n) is 10.5. The molecule has 0 radical (unpaired) electrons. The number of fused-ring (bicyclic) bond motifs is 1. The number of nitrogens with one attached hydrogen (secondary N) is 1. The van der Waals surface area contributed by atoms with Gasteiger partial charge in [0.25, 0.3) is 0 Å². The van der Waals surface area contributed by atoms with Gasteiger partial charge in [-0.2, -0.15) is 4.31 Å². The molecule has 2 atom stereocenters. The van der Waals surface area contributed by atoms with Gasteiger partial charge in [-0.1, -0.05) is 30.3 Å². The Morgan fingerprint density at radius 2 is 1.77 bits per heavy atom. The summed E-state index contributed by atoms with van der Waals surface area (Å²) in [6, 6.07) is 13.6. The second kappa shape index (κ2) is 9.14. The molecule has 2 amide bonds. The van der Waals surface area contributed by atoms with Crippen LogP contribution in [0.2, 0.25) is 0 Å². The van der Waals surface area contributed by atoms with E-state index in [1.54, 1.807) is 21.6 Å². The second-order valence-corrected chi connectivity index (χ2v) is 10.2. The van der Waals surface area contributed by atoms with Crippen LogP contribution in [0.4, 0.5) is 4.79 Å². The van der Waals surface area contributed by atoms with Crippen molar-refractivity contribution in [3.8, 4) is 0 Å². The molecule has 0 saturated carbocycles. The Balaban J connectivity index is 1.31. The molecule has 0 spiro atoms. The lowest BCUT2D eigenvalue weighted by Gasteiger charge is -2.22. The third kappa shape index (κ3) is 4.65. The van der Waals surface area contributed by atoms with Gasteiger partial charge in [0.2, 0.25) is 10.0 Å². The Kier molecular flexibility index (Phi) is 6.34. The highest BCUT2D eigenvalue weighted by atomic mass is 32.2. The van der Waals surface area contributed by atoms with Crippen LogP contribution in [0.1, 0.15) is 24.0 Å². The van der Waals surface area contributed by atoms with E-state index < -0.39 is 15.3 Å². The first-order chi connectivity index (χ1) is 14.5. The highest BCUT2D eigenvalue weighted by Crippen LogP contribution is 2.35. The van der Waals surface area contributed by atoms with E-state index in [1.165, 1.54) is 5.56 Å². The predicted molar refractivity (Wildman–Crippen MR) is 115 cm³/mol. The third-order valence-electron chi connectivity index (χ3n) is 6.09. The van der Waals surface area contributed by atoms with Crippen LogP contribution in [0, 0.1) is 5.92 Å². The van der Waals surface area contributed by atoms with E-state index in [-0.39, 0.29) is 11.9 Å². The maximum Gasteiger partial charge on any atom is 0.317 e. The van der Waals surface area contributed by atoms with Crippen molar-refractivity contribution in [3.05, 3.63) is 66.0 Å². The van der Waals surface area contributed by atoms with Crippen LogP contribution >= 0.6 is 0 Å². The van der Waals surface area contributed by atoms with Crippen LogP contribution in [0.15, 0.2) is 54.9 Å². The quantitative estimate of drug-likeness (QED) is 0.792. The summed E-state index contributed by atoms with van der Waals surface area (Å²) >= 11 is 0. The number of rotatable bonds is 5. The number of carbonyl (C=O) groups is 1. The SMILES string of the molecule is O=C(NCCc1ccccc1)N1CC[C@@H]2CN(Cc3ccncc3)S(=O)(=O)[C@@H]2CC1. The van der Waals surface area contributed by atoms with Crippen LogP contribution in [0.25, 0.3) is 0 Å². The lowest BCUT2D eigenvalue weighted by Crippen LogP contribution is -2.42. The molecule has 1 N–H and O–H groups in total. The monoisotopic (exact) mass is 428 g/mol. The number of benzene rings is 1. The Labute approximate surface area is 178 Å². The minimum atomic E-state index is -3.36. The van der Waals surface area contributed by atoms with Crippen molar-refractivity contribution in [2.24, 2.45) is 5.92 Å². The van der Waals surface area contributed by atoms with Crippen LogP contribution in [0.5, 0.6) is 0 Å². The first-order valence-corrected chi connectivity index (χ1v) is 12.0. The standard InChI is InChI=1S/C22H28N4O3S/c27-22(24-13-8-18-4-2-1-3-5-18)25-14-9-20-17-26(16-19-6-11-23-12-7-19)30(28,29)21(20)10-15-25/h1-7,11-12,20-21H,8-10,13-17H2,(H,24,27)/t20-,21-/m1/s1. The highest BCUT2D eigenvalue weighted by molar-refractivity contribution is 7.90. The number of hydrogen-bond donors (Lipinski definition) is 1. The van der Waals surface area contributed by atoms with E-state index in [9.17, 15) is 13.2 Å². The van der Waals surface area contributed by atoms with Gasteiger partial charge in [-0.25, -0.2) is 13.2 Å². The minimum Gasteiger partial charge on any atom is -0.338 e. The zero-order valence-corrected chi connectivity index (χ0v) is 17.8. The van der Waals surface area contributed by atoms with Gasteiger partial charge in [-0.05, 0) is 48.4 Å².